The van der Waals surface area contributed by atoms with E-state index in [-0.39, 0.29) is 50.2 Å². The third kappa shape index (κ3) is 5.15. The second-order valence-electron chi connectivity index (χ2n) is 12.4. The van der Waals surface area contributed by atoms with Gasteiger partial charge in [-0.25, -0.2) is 18.4 Å². The standard InChI is InChI=1S/C32H40F2O9S/c1-6-25(37)43-32(28(40)44-13-9-8-12-42-27(39)26(38)41-7-2)18(3)14-20-21-16-23(33)22-15-19(35)10-11-29(22,4)31(21,34)24(36)17-30(20,32)5/h8-11,15,18,20-21,23-24,36H,6-7,12-14,16-17H2,1-5H3/b9-8+/t18-,20+,21+,23+,24+,29+,30+,31+,32+/m1/s1. The van der Waals surface area contributed by atoms with E-state index < -0.39 is 80.9 Å². The number of thioether (sulfide) groups is 1. The van der Waals surface area contributed by atoms with Crippen LogP contribution in [-0.2, 0) is 38.2 Å². The Morgan fingerprint density at radius 3 is 2.43 bits per heavy atom. The van der Waals surface area contributed by atoms with Crippen LogP contribution in [0.2, 0.25) is 0 Å². The zero-order chi connectivity index (χ0) is 32.7. The molecule has 0 spiro atoms. The van der Waals surface area contributed by atoms with Crippen LogP contribution in [0.15, 0.2) is 36.0 Å². The van der Waals surface area contributed by atoms with Gasteiger partial charge in [-0.1, -0.05) is 50.8 Å². The SMILES string of the molecule is CCOC(=O)C(=O)OC/C=C/CSC(=O)[C@@]1(OC(=O)CC)[C@H](C)C[C@H]2[C@@H]3C[C@H](F)C4=CC(=O)C=C[C@]4(C)[C@@]3(F)[C@@H](O)C[C@@]21C. The fraction of sp³-hybridized carbons (Fsp3) is 0.656. The lowest BCUT2D eigenvalue weighted by atomic mass is 9.44. The van der Waals surface area contributed by atoms with E-state index in [2.05, 4.69) is 4.74 Å². The molecule has 4 rings (SSSR count). The van der Waals surface area contributed by atoms with E-state index in [1.165, 1.54) is 25.2 Å². The molecule has 0 aromatic heterocycles. The predicted molar refractivity (Wildman–Crippen MR) is 156 cm³/mol. The molecule has 3 saturated carbocycles. The summed E-state index contributed by atoms with van der Waals surface area (Å²) in [5, 5.41) is 11.1. The van der Waals surface area contributed by atoms with Crippen molar-refractivity contribution < 1.29 is 52.1 Å². The van der Waals surface area contributed by atoms with Crippen LogP contribution in [0.25, 0.3) is 0 Å². The first-order valence-electron chi connectivity index (χ1n) is 15.0. The van der Waals surface area contributed by atoms with Crippen LogP contribution in [0.4, 0.5) is 8.78 Å². The highest BCUT2D eigenvalue weighted by Crippen LogP contribution is 2.72. The normalized spacial score (nSPS) is 39.1. The summed E-state index contributed by atoms with van der Waals surface area (Å²) >= 11 is 0.862. The summed E-state index contributed by atoms with van der Waals surface area (Å²) in [7, 11) is 0. The highest BCUT2D eigenvalue weighted by atomic mass is 32.2. The van der Waals surface area contributed by atoms with E-state index in [1.54, 1.807) is 33.8 Å². The van der Waals surface area contributed by atoms with Crippen molar-refractivity contribution >= 4 is 40.6 Å². The number of aliphatic hydroxyl groups is 1. The summed E-state index contributed by atoms with van der Waals surface area (Å²) in [5.41, 5.74) is -6.85. The monoisotopic (exact) mass is 638 g/mol. The lowest BCUT2D eigenvalue weighted by Gasteiger charge is -2.63. The number of hydrogen-bond acceptors (Lipinski definition) is 10. The lowest BCUT2D eigenvalue weighted by Crippen LogP contribution is -2.70. The van der Waals surface area contributed by atoms with Gasteiger partial charge in [-0.15, -0.1) is 0 Å². The summed E-state index contributed by atoms with van der Waals surface area (Å²) in [6.45, 7) is 7.92. The Kier molecular flexibility index (Phi) is 9.66. The average Bonchev–Trinajstić information content (AvgIpc) is 3.19. The number of ketones is 1. The van der Waals surface area contributed by atoms with Crippen LogP contribution >= 0.6 is 11.8 Å². The topological polar surface area (TPSA) is 133 Å². The molecule has 9 nitrogen and oxygen atoms in total. The molecule has 0 aliphatic heterocycles. The minimum atomic E-state index is -2.33. The Hall–Kier alpha value is -2.86. The van der Waals surface area contributed by atoms with Gasteiger partial charge in [0.15, 0.2) is 17.1 Å². The van der Waals surface area contributed by atoms with Gasteiger partial charge in [0.05, 0.1) is 12.7 Å². The first-order chi connectivity index (χ1) is 20.6. The van der Waals surface area contributed by atoms with Gasteiger partial charge in [-0.05, 0) is 56.8 Å². The third-order valence-corrected chi connectivity index (χ3v) is 11.2. The number of alkyl halides is 2. The molecule has 44 heavy (non-hydrogen) atoms. The van der Waals surface area contributed by atoms with Crippen molar-refractivity contribution in [3.05, 3.63) is 36.0 Å². The molecule has 12 heteroatoms. The summed E-state index contributed by atoms with van der Waals surface area (Å²) in [5.74, 6) is -5.45. The molecular weight excluding hydrogens is 598 g/mol. The summed E-state index contributed by atoms with van der Waals surface area (Å²) < 4.78 is 48.7. The van der Waals surface area contributed by atoms with Crippen LogP contribution in [0.3, 0.4) is 0 Å². The molecule has 0 unspecified atom stereocenters. The fourth-order valence-corrected chi connectivity index (χ4v) is 9.28. The molecule has 0 amide bonds. The fourth-order valence-electron chi connectivity index (χ4n) is 8.21. The van der Waals surface area contributed by atoms with Crippen LogP contribution in [0.1, 0.15) is 60.3 Å². The third-order valence-electron chi connectivity index (χ3n) is 10.3. The number of hydrogen-bond donors (Lipinski definition) is 1. The highest BCUT2D eigenvalue weighted by Gasteiger charge is 2.78. The Bertz CT molecular complexity index is 1310. The van der Waals surface area contributed by atoms with Gasteiger partial charge in [0.2, 0.25) is 5.12 Å². The smallest absolute Gasteiger partial charge is 0.417 e. The molecule has 0 bridgehead atoms. The summed E-state index contributed by atoms with van der Waals surface area (Å²) in [6.07, 6.45) is 3.14. The van der Waals surface area contributed by atoms with Crippen LogP contribution in [-0.4, -0.2) is 76.4 Å². The minimum Gasteiger partial charge on any atom is -0.458 e. The van der Waals surface area contributed by atoms with Crippen molar-refractivity contribution in [3.8, 4) is 0 Å². The van der Waals surface area contributed by atoms with Crippen molar-refractivity contribution in [2.75, 3.05) is 19.0 Å². The minimum absolute atomic E-state index is 0.00692. The predicted octanol–water partition coefficient (Wildman–Crippen LogP) is 4.17. The molecule has 4 aliphatic carbocycles. The molecule has 242 valence electrons. The molecule has 3 fully saturated rings. The maximum absolute atomic E-state index is 17.5. The van der Waals surface area contributed by atoms with Gasteiger partial charge in [-0.3, -0.25) is 14.4 Å². The maximum atomic E-state index is 17.5. The van der Waals surface area contributed by atoms with Crippen molar-refractivity contribution in [1.82, 2.24) is 0 Å². The molecule has 0 aromatic rings. The van der Waals surface area contributed by atoms with Crippen molar-refractivity contribution in [2.24, 2.45) is 28.6 Å². The lowest BCUT2D eigenvalue weighted by molar-refractivity contribution is -0.228. The van der Waals surface area contributed by atoms with Gasteiger partial charge in [-0.2, -0.15) is 0 Å². The van der Waals surface area contributed by atoms with Gasteiger partial charge in [0, 0.05) is 34.8 Å². The number of carbonyl (C=O) groups is 5. The first kappa shape index (κ1) is 34.0. The quantitative estimate of drug-likeness (QED) is 0.179. The van der Waals surface area contributed by atoms with Crippen LogP contribution < -0.4 is 0 Å². The Morgan fingerprint density at radius 2 is 1.77 bits per heavy atom. The number of allylic oxidation sites excluding steroid dienone is 4. The number of carbonyl (C=O) groups excluding carboxylic acids is 5. The second-order valence-corrected chi connectivity index (χ2v) is 13.4. The van der Waals surface area contributed by atoms with Crippen molar-refractivity contribution in [1.29, 1.82) is 0 Å². The van der Waals surface area contributed by atoms with E-state index in [4.69, 9.17) is 9.47 Å². The molecule has 0 saturated heterocycles. The van der Waals surface area contributed by atoms with Crippen LogP contribution in [0, 0.1) is 28.6 Å². The summed E-state index contributed by atoms with van der Waals surface area (Å²) in [6, 6.07) is 0. The number of rotatable bonds is 8. The molecule has 4 aliphatic rings. The van der Waals surface area contributed by atoms with Gasteiger partial charge in [0.1, 0.15) is 12.8 Å². The van der Waals surface area contributed by atoms with Crippen LogP contribution in [0.5, 0.6) is 0 Å². The first-order valence-corrected chi connectivity index (χ1v) is 16.0. The number of aliphatic hydroxyl groups excluding tert-OH is 1. The number of halogens is 2. The molecule has 0 radical (unpaired) electrons. The molecule has 1 N–H and O–H groups in total. The van der Waals surface area contributed by atoms with E-state index in [1.807, 2.05) is 0 Å². The highest BCUT2D eigenvalue weighted by molar-refractivity contribution is 8.14. The van der Waals surface area contributed by atoms with Gasteiger partial charge in [0.25, 0.3) is 0 Å². The maximum Gasteiger partial charge on any atom is 0.417 e. The van der Waals surface area contributed by atoms with E-state index in [0.29, 0.717) is 0 Å². The number of esters is 3. The summed E-state index contributed by atoms with van der Waals surface area (Å²) in [4.78, 5) is 62.0. The molecule has 0 heterocycles. The van der Waals surface area contributed by atoms with Crippen molar-refractivity contribution in [3.63, 3.8) is 0 Å². The average molecular weight is 639 g/mol. The zero-order valence-corrected chi connectivity index (χ0v) is 26.4. The molecule has 9 atom stereocenters. The zero-order valence-electron chi connectivity index (χ0n) is 25.6. The Morgan fingerprint density at radius 1 is 1.09 bits per heavy atom. The number of fused-ring (bicyclic) bond motifs is 5. The Labute approximate surface area is 259 Å². The largest absolute Gasteiger partial charge is 0.458 e. The van der Waals surface area contributed by atoms with Gasteiger partial charge >= 0.3 is 17.9 Å². The van der Waals surface area contributed by atoms with Gasteiger partial charge < -0.3 is 19.3 Å². The van der Waals surface area contributed by atoms with E-state index in [9.17, 15) is 29.1 Å². The van der Waals surface area contributed by atoms with Crippen molar-refractivity contribution in [2.45, 2.75) is 83.8 Å². The Balaban J connectivity index is 1.62. The van der Waals surface area contributed by atoms with E-state index in [0.717, 1.165) is 17.8 Å². The van der Waals surface area contributed by atoms with E-state index >= 15 is 8.78 Å². The number of ether oxygens (including phenoxy) is 3. The molecular formula is C32H40F2O9S. The second kappa shape index (κ2) is 12.5. The molecule has 0 aromatic carbocycles.